The lowest BCUT2D eigenvalue weighted by Gasteiger charge is -2.03. The first-order valence-corrected chi connectivity index (χ1v) is 4.93. The van der Waals surface area contributed by atoms with Gasteiger partial charge in [-0.3, -0.25) is 0 Å². The lowest BCUT2D eigenvalue weighted by atomic mass is 10.3. The summed E-state index contributed by atoms with van der Waals surface area (Å²) >= 11 is 0. The summed E-state index contributed by atoms with van der Waals surface area (Å²) in [6, 6.07) is 6.21. The van der Waals surface area contributed by atoms with Crippen LogP contribution in [0.5, 0.6) is 11.5 Å². The number of hydrogen-bond donors (Lipinski definition) is 1. The van der Waals surface area contributed by atoms with E-state index in [0.29, 0.717) is 17.9 Å². The average Bonchev–Trinajstić information content (AvgIpc) is 2.28. The molecule has 4 heteroatoms. The van der Waals surface area contributed by atoms with Gasteiger partial charge in [-0.1, -0.05) is 0 Å². The number of hydrogen-bond acceptors (Lipinski definition) is 4. The molecule has 1 rings (SSSR count). The maximum absolute atomic E-state index is 11.2. The molecule has 0 aromatic heterocycles. The lowest BCUT2D eigenvalue weighted by molar-refractivity contribution is -0.138. The van der Waals surface area contributed by atoms with Crippen molar-refractivity contribution in [3.05, 3.63) is 36.1 Å². The van der Waals surface area contributed by atoms with Gasteiger partial charge in [0.1, 0.15) is 17.8 Å². The van der Waals surface area contributed by atoms with Gasteiger partial charge in [0.25, 0.3) is 0 Å². The minimum Gasteiger partial charge on any atom is -0.508 e. The molecule has 0 aliphatic heterocycles. The van der Waals surface area contributed by atoms with Gasteiger partial charge >= 0.3 is 5.97 Å². The summed E-state index contributed by atoms with van der Waals surface area (Å²) in [6.45, 7) is 3.69. The molecule has 0 heterocycles. The van der Waals surface area contributed by atoms with Gasteiger partial charge in [0.2, 0.25) is 0 Å². The van der Waals surface area contributed by atoms with Crippen molar-refractivity contribution in [2.45, 2.75) is 13.8 Å². The standard InChI is InChI=1S/C12H14O4/c1-3-15-12(14)9(2)8-16-11-6-4-10(13)5-7-11/h4-8,13H,3H2,1-2H3/b9-8+. The first-order valence-electron chi connectivity index (χ1n) is 4.93. The highest BCUT2D eigenvalue weighted by molar-refractivity contribution is 5.87. The van der Waals surface area contributed by atoms with Crippen molar-refractivity contribution in [1.29, 1.82) is 0 Å². The Morgan fingerprint density at radius 2 is 2.00 bits per heavy atom. The first kappa shape index (κ1) is 12.1. The van der Waals surface area contributed by atoms with E-state index in [4.69, 9.17) is 14.6 Å². The number of phenols is 1. The predicted octanol–water partition coefficient (Wildman–Crippen LogP) is 2.24. The number of phenolic OH excluding ortho intramolecular Hbond substituents is 1. The van der Waals surface area contributed by atoms with Crippen molar-refractivity contribution in [2.24, 2.45) is 0 Å². The van der Waals surface area contributed by atoms with Crippen molar-refractivity contribution < 1.29 is 19.4 Å². The van der Waals surface area contributed by atoms with Crippen molar-refractivity contribution in [1.82, 2.24) is 0 Å². The largest absolute Gasteiger partial charge is 0.508 e. The van der Waals surface area contributed by atoms with Gasteiger partial charge in [-0.25, -0.2) is 4.79 Å². The molecule has 86 valence electrons. The third-order valence-electron chi connectivity index (χ3n) is 1.81. The molecule has 16 heavy (non-hydrogen) atoms. The molecule has 4 nitrogen and oxygen atoms in total. The van der Waals surface area contributed by atoms with Gasteiger partial charge < -0.3 is 14.6 Å². The Hall–Kier alpha value is -1.97. The topological polar surface area (TPSA) is 55.8 Å². The Labute approximate surface area is 94.1 Å². The molecule has 0 aliphatic carbocycles. The summed E-state index contributed by atoms with van der Waals surface area (Å²) in [5.74, 6) is 0.307. The van der Waals surface area contributed by atoms with E-state index in [0.717, 1.165) is 0 Å². The van der Waals surface area contributed by atoms with Gasteiger partial charge in [-0.2, -0.15) is 0 Å². The highest BCUT2D eigenvalue weighted by atomic mass is 16.5. The maximum Gasteiger partial charge on any atom is 0.336 e. The molecule has 0 aliphatic rings. The maximum atomic E-state index is 11.2. The Bertz CT molecular complexity index is 379. The van der Waals surface area contributed by atoms with Crippen LogP contribution in [0.1, 0.15) is 13.8 Å². The summed E-state index contributed by atoms with van der Waals surface area (Å²) in [4.78, 5) is 11.2. The van der Waals surface area contributed by atoms with Crippen LogP contribution in [0.2, 0.25) is 0 Å². The zero-order valence-electron chi connectivity index (χ0n) is 9.27. The summed E-state index contributed by atoms with van der Waals surface area (Å²) in [7, 11) is 0. The van der Waals surface area contributed by atoms with Crippen LogP contribution in [0.25, 0.3) is 0 Å². The Kier molecular flexibility index (Phi) is 4.39. The molecule has 0 unspecified atom stereocenters. The van der Waals surface area contributed by atoms with E-state index in [1.54, 1.807) is 26.0 Å². The third-order valence-corrected chi connectivity index (χ3v) is 1.81. The predicted molar refractivity (Wildman–Crippen MR) is 59.1 cm³/mol. The molecule has 0 radical (unpaired) electrons. The quantitative estimate of drug-likeness (QED) is 0.482. The first-order chi connectivity index (χ1) is 7.63. The monoisotopic (exact) mass is 222 g/mol. The molecular weight excluding hydrogens is 208 g/mol. The molecular formula is C12H14O4. The van der Waals surface area contributed by atoms with Crippen molar-refractivity contribution in [3.8, 4) is 11.5 Å². The van der Waals surface area contributed by atoms with Crippen LogP contribution in [-0.4, -0.2) is 17.7 Å². The van der Waals surface area contributed by atoms with Gasteiger partial charge in [0.05, 0.1) is 12.2 Å². The average molecular weight is 222 g/mol. The summed E-state index contributed by atoms with van der Waals surface area (Å²) < 4.78 is 10.0. The van der Waals surface area contributed by atoms with E-state index in [1.165, 1.54) is 18.4 Å². The van der Waals surface area contributed by atoms with Crippen LogP contribution in [0.15, 0.2) is 36.1 Å². The van der Waals surface area contributed by atoms with Crippen LogP contribution in [0, 0.1) is 0 Å². The second-order valence-corrected chi connectivity index (χ2v) is 3.13. The fraction of sp³-hybridized carbons (Fsp3) is 0.250. The number of carbonyl (C=O) groups is 1. The number of ether oxygens (including phenoxy) is 2. The normalized spacial score (nSPS) is 11.0. The van der Waals surface area contributed by atoms with Gasteiger partial charge in [0.15, 0.2) is 0 Å². The number of esters is 1. The molecule has 0 saturated heterocycles. The van der Waals surface area contributed by atoms with E-state index in [1.807, 2.05) is 0 Å². The van der Waals surface area contributed by atoms with Crippen molar-refractivity contribution in [2.75, 3.05) is 6.61 Å². The van der Waals surface area contributed by atoms with Gasteiger partial charge in [0, 0.05) is 0 Å². The molecule has 0 atom stereocenters. The fourth-order valence-electron chi connectivity index (χ4n) is 0.974. The Balaban J connectivity index is 2.58. The minimum atomic E-state index is -0.402. The molecule has 0 bridgehead atoms. The van der Waals surface area contributed by atoms with E-state index < -0.39 is 5.97 Å². The fourth-order valence-corrected chi connectivity index (χ4v) is 0.974. The van der Waals surface area contributed by atoms with Gasteiger partial charge in [-0.15, -0.1) is 0 Å². The molecule has 0 saturated carbocycles. The Morgan fingerprint density at radius 3 is 2.56 bits per heavy atom. The second-order valence-electron chi connectivity index (χ2n) is 3.13. The number of carbonyl (C=O) groups excluding carboxylic acids is 1. The van der Waals surface area contributed by atoms with Crippen molar-refractivity contribution >= 4 is 5.97 Å². The van der Waals surface area contributed by atoms with Crippen LogP contribution in [0.3, 0.4) is 0 Å². The minimum absolute atomic E-state index is 0.165. The van der Waals surface area contributed by atoms with Crippen LogP contribution >= 0.6 is 0 Å². The van der Waals surface area contributed by atoms with Crippen LogP contribution in [0.4, 0.5) is 0 Å². The zero-order valence-corrected chi connectivity index (χ0v) is 9.27. The third kappa shape index (κ3) is 3.65. The number of benzene rings is 1. The number of rotatable bonds is 4. The molecule has 1 aromatic carbocycles. The van der Waals surface area contributed by atoms with E-state index in [2.05, 4.69) is 0 Å². The molecule has 0 amide bonds. The summed E-state index contributed by atoms with van der Waals surface area (Å²) in [5, 5.41) is 9.05. The van der Waals surface area contributed by atoms with Crippen LogP contribution in [-0.2, 0) is 9.53 Å². The lowest BCUT2D eigenvalue weighted by Crippen LogP contribution is -2.05. The van der Waals surface area contributed by atoms with E-state index in [-0.39, 0.29) is 5.75 Å². The SMILES string of the molecule is CCOC(=O)/C(C)=C/Oc1ccc(O)cc1. The zero-order chi connectivity index (χ0) is 12.0. The highest BCUT2D eigenvalue weighted by Gasteiger charge is 2.04. The molecule has 0 spiro atoms. The summed E-state index contributed by atoms with van der Waals surface area (Å²) in [5.41, 5.74) is 0.384. The van der Waals surface area contributed by atoms with Crippen molar-refractivity contribution in [3.63, 3.8) is 0 Å². The van der Waals surface area contributed by atoms with Gasteiger partial charge in [-0.05, 0) is 38.1 Å². The molecule has 0 fully saturated rings. The second kappa shape index (κ2) is 5.80. The summed E-state index contributed by atoms with van der Waals surface area (Å²) in [6.07, 6.45) is 1.32. The smallest absolute Gasteiger partial charge is 0.336 e. The van der Waals surface area contributed by atoms with E-state index in [9.17, 15) is 4.79 Å². The van der Waals surface area contributed by atoms with Crippen LogP contribution < -0.4 is 4.74 Å². The van der Waals surface area contributed by atoms with E-state index >= 15 is 0 Å². The number of aromatic hydroxyl groups is 1. The Morgan fingerprint density at radius 1 is 1.38 bits per heavy atom. The molecule has 1 aromatic rings. The molecule has 1 N–H and O–H groups in total. The highest BCUT2D eigenvalue weighted by Crippen LogP contribution is 2.16.